The first-order valence-electron chi connectivity index (χ1n) is 7.27. The molecule has 1 aromatic carbocycles. The van der Waals surface area contributed by atoms with E-state index in [0.717, 1.165) is 24.4 Å². The first kappa shape index (κ1) is 13.2. The largest absolute Gasteiger partial charge is 0.491 e. The molecule has 1 aromatic heterocycles. The van der Waals surface area contributed by atoms with Crippen molar-refractivity contribution in [1.29, 1.82) is 0 Å². The number of benzene rings is 1. The topological polar surface area (TPSA) is 39.1 Å². The summed E-state index contributed by atoms with van der Waals surface area (Å²) in [6.45, 7) is 5.83. The SMILES string of the molecule is CCC(C)n1ccc(CNC2COc3ccccc32)n1. The summed E-state index contributed by atoms with van der Waals surface area (Å²) in [4.78, 5) is 0. The molecule has 2 unspecified atom stereocenters. The number of hydrogen-bond donors (Lipinski definition) is 1. The van der Waals surface area contributed by atoms with Gasteiger partial charge in [-0.25, -0.2) is 0 Å². The maximum atomic E-state index is 5.67. The molecule has 20 heavy (non-hydrogen) atoms. The fourth-order valence-corrected chi connectivity index (χ4v) is 2.46. The Hall–Kier alpha value is -1.81. The van der Waals surface area contributed by atoms with E-state index in [-0.39, 0.29) is 6.04 Å². The second-order valence-corrected chi connectivity index (χ2v) is 5.33. The molecule has 2 aromatic rings. The number of aromatic nitrogens is 2. The summed E-state index contributed by atoms with van der Waals surface area (Å²) >= 11 is 0. The Morgan fingerprint density at radius 1 is 1.40 bits per heavy atom. The quantitative estimate of drug-likeness (QED) is 0.908. The van der Waals surface area contributed by atoms with Crippen LogP contribution < -0.4 is 10.1 Å². The van der Waals surface area contributed by atoms with Gasteiger partial charge in [-0.15, -0.1) is 0 Å². The fourth-order valence-electron chi connectivity index (χ4n) is 2.46. The zero-order valence-electron chi connectivity index (χ0n) is 12.0. The number of fused-ring (bicyclic) bond motifs is 1. The summed E-state index contributed by atoms with van der Waals surface area (Å²) in [5, 5.41) is 8.13. The van der Waals surface area contributed by atoms with Gasteiger partial charge in [-0.05, 0) is 25.5 Å². The highest BCUT2D eigenvalue weighted by molar-refractivity contribution is 5.39. The second-order valence-electron chi connectivity index (χ2n) is 5.33. The van der Waals surface area contributed by atoms with Crippen molar-refractivity contribution in [2.24, 2.45) is 0 Å². The molecule has 0 amide bonds. The predicted octanol–water partition coefficient (Wildman–Crippen LogP) is 3.08. The van der Waals surface area contributed by atoms with Crippen molar-refractivity contribution in [2.45, 2.75) is 38.9 Å². The van der Waals surface area contributed by atoms with Gasteiger partial charge in [0.1, 0.15) is 12.4 Å². The van der Waals surface area contributed by atoms with Crippen molar-refractivity contribution in [3.63, 3.8) is 0 Å². The van der Waals surface area contributed by atoms with Crippen molar-refractivity contribution < 1.29 is 4.74 Å². The summed E-state index contributed by atoms with van der Waals surface area (Å²) in [6.07, 6.45) is 3.16. The molecule has 4 nitrogen and oxygen atoms in total. The van der Waals surface area contributed by atoms with Crippen LogP contribution in [0.15, 0.2) is 36.5 Å². The molecule has 4 heteroatoms. The number of hydrogen-bond acceptors (Lipinski definition) is 3. The van der Waals surface area contributed by atoms with Crippen LogP contribution in [0.25, 0.3) is 0 Å². The van der Waals surface area contributed by atoms with Gasteiger partial charge in [-0.2, -0.15) is 5.10 Å². The van der Waals surface area contributed by atoms with Gasteiger partial charge in [0, 0.05) is 24.3 Å². The Morgan fingerprint density at radius 3 is 3.10 bits per heavy atom. The Morgan fingerprint density at radius 2 is 2.25 bits per heavy atom. The van der Waals surface area contributed by atoms with E-state index in [2.05, 4.69) is 48.7 Å². The van der Waals surface area contributed by atoms with Crippen molar-refractivity contribution in [3.05, 3.63) is 47.8 Å². The maximum absolute atomic E-state index is 5.67. The standard InChI is InChI=1S/C16H21N3O/c1-3-12(2)19-9-8-13(18-19)10-17-15-11-20-16-7-5-4-6-14(15)16/h4-9,12,15,17H,3,10-11H2,1-2H3. The van der Waals surface area contributed by atoms with Crippen LogP contribution in [-0.2, 0) is 6.54 Å². The molecule has 1 N–H and O–H groups in total. The Labute approximate surface area is 119 Å². The molecule has 0 saturated carbocycles. The van der Waals surface area contributed by atoms with Crippen LogP contribution in [0.2, 0.25) is 0 Å². The summed E-state index contributed by atoms with van der Waals surface area (Å²) in [5.41, 5.74) is 2.32. The number of rotatable bonds is 5. The fraction of sp³-hybridized carbons (Fsp3) is 0.438. The average molecular weight is 271 g/mol. The molecule has 0 bridgehead atoms. The van der Waals surface area contributed by atoms with Gasteiger partial charge in [-0.3, -0.25) is 4.68 Å². The minimum atomic E-state index is 0.264. The molecule has 0 aliphatic carbocycles. The van der Waals surface area contributed by atoms with E-state index in [1.807, 2.05) is 16.8 Å². The third-order valence-corrected chi connectivity index (χ3v) is 3.94. The number of para-hydroxylation sites is 1. The van der Waals surface area contributed by atoms with Crippen LogP contribution in [0.1, 0.15) is 43.6 Å². The smallest absolute Gasteiger partial charge is 0.124 e. The van der Waals surface area contributed by atoms with E-state index in [4.69, 9.17) is 4.74 Å². The maximum Gasteiger partial charge on any atom is 0.124 e. The summed E-state index contributed by atoms with van der Waals surface area (Å²) in [6, 6.07) is 11.0. The van der Waals surface area contributed by atoms with Gasteiger partial charge in [0.25, 0.3) is 0 Å². The van der Waals surface area contributed by atoms with E-state index >= 15 is 0 Å². The van der Waals surface area contributed by atoms with Crippen LogP contribution in [0.5, 0.6) is 5.75 Å². The van der Waals surface area contributed by atoms with E-state index < -0.39 is 0 Å². The van der Waals surface area contributed by atoms with Crippen LogP contribution in [-0.4, -0.2) is 16.4 Å². The van der Waals surface area contributed by atoms with Crippen LogP contribution in [0.3, 0.4) is 0 Å². The molecule has 2 heterocycles. The second kappa shape index (κ2) is 5.67. The molecule has 0 fully saturated rings. The predicted molar refractivity (Wildman–Crippen MR) is 78.7 cm³/mol. The minimum absolute atomic E-state index is 0.264. The lowest BCUT2D eigenvalue weighted by Gasteiger charge is -2.11. The lowest BCUT2D eigenvalue weighted by atomic mass is 10.1. The minimum Gasteiger partial charge on any atom is -0.491 e. The molecule has 106 valence electrons. The lowest BCUT2D eigenvalue weighted by molar-refractivity contribution is 0.310. The van der Waals surface area contributed by atoms with Crippen molar-refractivity contribution in [3.8, 4) is 5.75 Å². The van der Waals surface area contributed by atoms with E-state index in [1.54, 1.807) is 0 Å². The Balaban J connectivity index is 1.62. The average Bonchev–Trinajstić information content (AvgIpc) is 3.11. The molecule has 0 spiro atoms. The highest BCUT2D eigenvalue weighted by atomic mass is 16.5. The van der Waals surface area contributed by atoms with E-state index in [1.165, 1.54) is 5.56 Å². The van der Waals surface area contributed by atoms with Crippen LogP contribution in [0, 0.1) is 0 Å². The van der Waals surface area contributed by atoms with Gasteiger partial charge in [0.05, 0.1) is 11.7 Å². The molecular weight excluding hydrogens is 250 g/mol. The van der Waals surface area contributed by atoms with Crippen molar-refractivity contribution in [1.82, 2.24) is 15.1 Å². The zero-order valence-corrected chi connectivity index (χ0v) is 12.0. The number of nitrogens with one attached hydrogen (secondary N) is 1. The van der Waals surface area contributed by atoms with Crippen molar-refractivity contribution in [2.75, 3.05) is 6.61 Å². The highest BCUT2D eigenvalue weighted by Gasteiger charge is 2.23. The van der Waals surface area contributed by atoms with Gasteiger partial charge in [0.2, 0.25) is 0 Å². The molecule has 0 radical (unpaired) electrons. The molecule has 2 atom stereocenters. The normalized spacial score (nSPS) is 18.6. The molecule has 1 aliphatic rings. The molecular formula is C16H21N3O. The monoisotopic (exact) mass is 271 g/mol. The summed E-state index contributed by atoms with van der Waals surface area (Å²) in [5.74, 6) is 0.995. The first-order chi connectivity index (χ1) is 9.78. The Bertz CT molecular complexity index is 579. The van der Waals surface area contributed by atoms with Gasteiger partial charge in [-0.1, -0.05) is 25.1 Å². The third kappa shape index (κ3) is 2.56. The van der Waals surface area contributed by atoms with E-state index in [0.29, 0.717) is 12.6 Å². The lowest BCUT2D eigenvalue weighted by Crippen LogP contribution is -2.22. The summed E-state index contributed by atoms with van der Waals surface area (Å²) in [7, 11) is 0. The molecule has 3 rings (SSSR count). The Kier molecular flexibility index (Phi) is 3.74. The first-order valence-corrected chi connectivity index (χ1v) is 7.27. The van der Waals surface area contributed by atoms with E-state index in [9.17, 15) is 0 Å². The summed E-state index contributed by atoms with van der Waals surface area (Å²) < 4.78 is 7.71. The van der Waals surface area contributed by atoms with Crippen molar-refractivity contribution >= 4 is 0 Å². The highest BCUT2D eigenvalue weighted by Crippen LogP contribution is 2.31. The van der Waals surface area contributed by atoms with Gasteiger partial charge in [0.15, 0.2) is 0 Å². The van der Waals surface area contributed by atoms with Crippen LogP contribution >= 0.6 is 0 Å². The van der Waals surface area contributed by atoms with Gasteiger partial charge < -0.3 is 10.1 Å². The molecule has 0 saturated heterocycles. The van der Waals surface area contributed by atoms with Gasteiger partial charge >= 0.3 is 0 Å². The van der Waals surface area contributed by atoms with Crippen LogP contribution in [0.4, 0.5) is 0 Å². The zero-order chi connectivity index (χ0) is 13.9. The number of nitrogens with zero attached hydrogens (tertiary/aromatic N) is 2. The molecule has 1 aliphatic heterocycles. The third-order valence-electron chi connectivity index (χ3n) is 3.94. The number of ether oxygens (including phenoxy) is 1.